The number of nitrogens with zero attached hydrogens (tertiary/aromatic N) is 2. The molecule has 16 atom stereocenters. The van der Waals surface area contributed by atoms with E-state index in [4.69, 9.17) is 21.9 Å². The Hall–Kier alpha value is -13.9. The van der Waals surface area contributed by atoms with E-state index in [0.717, 1.165) is 49.1 Å². The summed E-state index contributed by atoms with van der Waals surface area (Å²) in [6.45, 7) is 11.3. The van der Waals surface area contributed by atoms with E-state index in [9.17, 15) is 73.2 Å². The van der Waals surface area contributed by atoms with Crippen LogP contribution in [0.1, 0.15) is 155 Å². The predicted octanol–water partition coefficient (Wildman–Crippen LogP) is -1.19. The number of thioether (sulfide) groups is 1. The quantitative estimate of drug-likeness (QED) is 0.0252. The molecule has 1 saturated carbocycles. The van der Waals surface area contributed by atoms with Gasteiger partial charge in [0, 0.05) is 67.5 Å². The average molecular weight is 2010 g/mol. The maximum absolute atomic E-state index is 15.5. The number of fused-ring (bicyclic) bond motifs is 1. The van der Waals surface area contributed by atoms with Gasteiger partial charge < -0.3 is 132 Å². The fourth-order valence-corrected chi connectivity index (χ4v) is 17.3. The molecule has 0 radical (unpaired) electrons. The number of aromatic nitrogens is 3. The minimum Gasteiger partial charge on any atom is -0.482 e. The van der Waals surface area contributed by atoms with Crippen LogP contribution in [-0.2, 0) is 112 Å². The third-order valence-corrected chi connectivity index (χ3v) is 25.9. The van der Waals surface area contributed by atoms with Gasteiger partial charge in [-0.1, -0.05) is 165 Å². The Bertz CT molecular complexity index is 5370. The van der Waals surface area contributed by atoms with Gasteiger partial charge in [0.05, 0.1) is 30.7 Å². The van der Waals surface area contributed by atoms with Gasteiger partial charge in [0.2, 0.25) is 94.5 Å². The van der Waals surface area contributed by atoms with Gasteiger partial charge in [-0.3, -0.25) is 81.5 Å². The van der Waals surface area contributed by atoms with Crippen molar-refractivity contribution in [2.24, 2.45) is 40.9 Å². The molecule has 3 heterocycles. The first-order chi connectivity index (χ1) is 67.9. The van der Waals surface area contributed by atoms with Crippen molar-refractivity contribution in [3.8, 4) is 16.9 Å². The van der Waals surface area contributed by atoms with E-state index in [1.807, 2.05) is 30.3 Å². The zero-order valence-electron chi connectivity index (χ0n) is 81.9. The number of ether oxygens (including phenoxy) is 1. The number of hydrogen-bond acceptors (Lipinski definition) is 25. The molecule has 4 aromatic carbocycles. The number of carbonyl (C=O) groups excluding carboxylic acids is 16. The lowest BCUT2D eigenvalue weighted by Crippen LogP contribution is -2.65. The van der Waals surface area contributed by atoms with Gasteiger partial charge in [-0.05, 0) is 129 Å². The summed E-state index contributed by atoms with van der Waals surface area (Å²) in [6, 6.07) is 3.63. The lowest BCUT2D eigenvalue weighted by atomic mass is 9.84. The number of aromatic amines is 2. The van der Waals surface area contributed by atoms with Gasteiger partial charge >= 0.3 is 11.9 Å². The zero-order valence-corrected chi connectivity index (χ0v) is 82.8. The number of benzene rings is 4. The minimum atomic E-state index is -2.23. The fraction of sp³-hybridized carbons (Fsp3) is 0.520. The number of aliphatic hydroxyl groups is 2. The third kappa shape index (κ3) is 35.3. The van der Waals surface area contributed by atoms with Crippen LogP contribution in [0, 0.1) is 23.7 Å². The second-order valence-corrected chi connectivity index (χ2v) is 38.4. The van der Waals surface area contributed by atoms with E-state index in [2.05, 4.69) is 89.4 Å². The first-order valence-corrected chi connectivity index (χ1v) is 49.0. The van der Waals surface area contributed by atoms with Crippen molar-refractivity contribution in [2.45, 2.75) is 255 Å². The van der Waals surface area contributed by atoms with Gasteiger partial charge in [0.1, 0.15) is 96.4 Å². The maximum Gasteiger partial charge on any atom is 0.341 e. The molecule has 6 aromatic rings. The number of amides is 16. The molecule has 16 amide bonds. The fourth-order valence-electron chi connectivity index (χ4n) is 16.5. The van der Waals surface area contributed by atoms with Crippen molar-refractivity contribution >= 4 is 129 Å². The summed E-state index contributed by atoms with van der Waals surface area (Å²) in [5.74, 6) is -23.1. The molecule has 26 N–H and O–H groups in total. The van der Waals surface area contributed by atoms with E-state index < -0.39 is 258 Å². The molecular formula is C98H137N21O23S. The summed E-state index contributed by atoms with van der Waals surface area (Å²) in [5.41, 5.74) is 18.9. The van der Waals surface area contributed by atoms with Gasteiger partial charge in [0.25, 0.3) is 0 Å². The van der Waals surface area contributed by atoms with E-state index in [-0.39, 0.29) is 86.9 Å². The molecule has 1 aliphatic heterocycles. The monoisotopic (exact) mass is 2010 g/mol. The molecule has 2 aliphatic rings. The minimum absolute atomic E-state index is 0.0422. The largest absolute Gasteiger partial charge is 0.482 e. The summed E-state index contributed by atoms with van der Waals surface area (Å²) < 4.78 is 5.33. The van der Waals surface area contributed by atoms with Crippen LogP contribution in [0.3, 0.4) is 0 Å². The molecule has 45 heteroatoms. The first-order valence-electron chi connectivity index (χ1n) is 47.8. The van der Waals surface area contributed by atoms with Gasteiger partial charge in [-0.25, -0.2) is 9.78 Å². The highest BCUT2D eigenvalue weighted by Crippen LogP contribution is 2.29. The molecule has 778 valence electrons. The number of likely N-dealkylation sites (N-methyl/N-ethyl adjacent to an activating group) is 1. The summed E-state index contributed by atoms with van der Waals surface area (Å²) in [5, 5.41) is 79.5. The number of primary amides is 1. The Labute approximate surface area is 832 Å². The highest BCUT2D eigenvalue weighted by atomic mass is 32.2. The van der Waals surface area contributed by atoms with Crippen molar-refractivity contribution in [1.29, 1.82) is 0 Å². The molecular weight excluding hydrogens is 1870 g/mol. The maximum atomic E-state index is 15.5. The van der Waals surface area contributed by atoms with Crippen LogP contribution in [0.2, 0.25) is 0 Å². The molecule has 1 saturated heterocycles. The van der Waals surface area contributed by atoms with Crippen LogP contribution in [0.25, 0.3) is 22.0 Å². The molecule has 1 unspecified atom stereocenters. The van der Waals surface area contributed by atoms with Crippen molar-refractivity contribution < 1.29 is 111 Å². The summed E-state index contributed by atoms with van der Waals surface area (Å²) in [7, 11) is 1.31. The summed E-state index contributed by atoms with van der Waals surface area (Å²) in [6.07, 6.45) is 4.65. The van der Waals surface area contributed by atoms with Crippen LogP contribution >= 0.6 is 11.8 Å². The standard InChI is InChI=1S/C98H137N21O23S/c1-11-54(6)81-97(140)119(10)55(7)84(127)108-68(38-52(2)3)86(129)107-67(35-37-100)85(128)109-71(39-56-20-14-12-15-21-56)92(135)118-82(98(8,9)141)96(139)114-75(47-120)93(136)115-76(94(137)106-66(34-36-99)83(101)126)49-143-50-77(121)105-73(43-62-46-102-51-104-62)88(131)110-69(41-58-28-32-63(33-29-58)142-48-79(124)125)87(130)112-74(44-78(122)123)89(132)111-72(42-61-45-103-65-25-19-18-24-64(61)65)91(134)116-80(53(4)5)95(138)113-70(90(133)117-81)40-57-26-30-60(31-27-57)59-22-16-13-17-23-59/h13,16-19,22-33,45-46,51-56,66-76,80-82,103,120,141H,11-12,14-15,20-21,34-44,47-50,99-100H2,1-10H3,(H2,101,126)(H,102,104)(H,105,121)(H,106,137)(H,107,129)(H,108,127)(H,109,128)(H,110,131)(H,111,132)(H,112,130)(H,113,138)(H,114,139)(H,115,136)(H,116,134)(H,117,133)(H,118,135)(H,122,123)(H,124,125)/t54?,55-,66-,67-,68+,69-,70-,71-,72-,73-,74-,75-,76-,80-,81-,82+/m0/s1. The Morgan fingerprint density at radius 3 is 1.66 bits per heavy atom. The summed E-state index contributed by atoms with van der Waals surface area (Å²) in [4.78, 5) is 273. The van der Waals surface area contributed by atoms with Crippen molar-refractivity contribution in [3.05, 3.63) is 144 Å². The predicted molar refractivity (Wildman–Crippen MR) is 527 cm³/mol. The molecule has 0 spiro atoms. The van der Waals surface area contributed by atoms with E-state index >= 15 is 33.6 Å². The number of aliphatic hydroxyl groups excluding tert-OH is 1. The van der Waals surface area contributed by atoms with E-state index in [1.165, 1.54) is 50.8 Å². The van der Waals surface area contributed by atoms with Crippen LogP contribution in [0.4, 0.5) is 0 Å². The first kappa shape index (κ1) is 114. The van der Waals surface area contributed by atoms with Crippen LogP contribution in [0.5, 0.6) is 5.75 Å². The van der Waals surface area contributed by atoms with Crippen molar-refractivity contribution in [1.82, 2.24) is 94.3 Å². The average Bonchev–Trinajstić information content (AvgIpc) is 1.74. The van der Waals surface area contributed by atoms with Gasteiger partial charge in [-0.15, -0.1) is 11.8 Å². The highest BCUT2D eigenvalue weighted by molar-refractivity contribution is 8.00. The number of rotatable bonds is 30. The second-order valence-electron chi connectivity index (χ2n) is 37.4. The number of aliphatic carboxylic acids is 2. The number of carboxylic acid groups (broad SMARTS) is 2. The number of nitrogens with two attached hydrogens (primary N) is 3. The molecule has 8 rings (SSSR count). The normalized spacial score (nSPS) is 23.8. The molecule has 2 aromatic heterocycles. The molecule has 44 nitrogen and oxygen atoms in total. The number of H-pyrrole nitrogens is 2. The Kier molecular flexibility index (Phi) is 44.4. The number of para-hydroxylation sites is 1. The smallest absolute Gasteiger partial charge is 0.341 e. The number of nitrogens with one attached hydrogen (secondary N) is 16. The van der Waals surface area contributed by atoms with Gasteiger partial charge in [0.15, 0.2) is 6.61 Å². The van der Waals surface area contributed by atoms with Gasteiger partial charge in [-0.2, -0.15) is 0 Å². The number of hydrogen-bond donors (Lipinski definition) is 23. The Morgan fingerprint density at radius 1 is 0.559 bits per heavy atom. The van der Waals surface area contributed by atoms with E-state index in [1.54, 1.807) is 96.3 Å². The van der Waals surface area contributed by atoms with Crippen LogP contribution < -0.4 is 96.4 Å². The second kappa shape index (κ2) is 55.5. The Balaban J connectivity index is 1.22. The molecule has 1 aliphatic carbocycles. The Morgan fingerprint density at radius 2 is 1.08 bits per heavy atom. The van der Waals surface area contributed by atoms with Crippen molar-refractivity contribution in [3.63, 3.8) is 0 Å². The van der Waals surface area contributed by atoms with Crippen LogP contribution in [0.15, 0.2) is 122 Å². The molecule has 2 fully saturated rings. The number of carboxylic acids is 2. The number of carbonyl (C=O) groups is 18. The topological polar surface area (TPSA) is 692 Å². The summed E-state index contributed by atoms with van der Waals surface area (Å²) >= 11 is 0.647. The molecule has 143 heavy (non-hydrogen) atoms. The number of imidazole rings is 1. The zero-order chi connectivity index (χ0) is 105. The lowest BCUT2D eigenvalue weighted by Gasteiger charge is -2.34. The lowest BCUT2D eigenvalue weighted by molar-refractivity contribution is -0.143. The van der Waals surface area contributed by atoms with Crippen LogP contribution in [-0.4, -0.2) is 288 Å². The van der Waals surface area contributed by atoms with Crippen molar-refractivity contribution in [2.75, 3.05) is 44.9 Å². The molecule has 0 bridgehead atoms. The SMILES string of the molecule is CCC(C)[C@@H]1NC(=O)[C@H](Cc2ccc(-c3ccccc3)cc2)NC(=O)[C@H](C(C)C)NC(=O)[C@H](Cc2c[nH]c3ccccc23)NC(=O)[C@H](CC(=O)O)NC(=O)[C@H](Cc2ccc(OCC(=O)O)cc2)NC(=O)[C@H](Cc2cnc[nH]2)NC(=O)CSC[C@@H](C(=O)N[C@@H](CCN)C(N)=O)NC(=O)[C@H](CO)NC(=O)[C@H](C(C)(C)O)NC(=O)[C@H](CC2CCCCC2)NC(=O)[C@H](CCN)NC(=O)[C@@H](CC(C)C)NC(=O)[C@H](C)N(C)C1=O. The van der Waals surface area contributed by atoms with E-state index in [0.29, 0.717) is 46.6 Å². The highest BCUT2D eigenvalue weighted by Gasteiger charge is 2.44. The third-order valence-electron chi connectivity index (χ3n) is 24.9.